The monoisotopic (exact) mass is 470 g/mol. The second-order valence-corrected chi connectivity index (χ2v) is 7.88. The molecule has 0 aliphatic heterocycles. The van der Waals surface area contributed by atoms with E-state index in [1.807, 2.05) is 4.57 Å². The molecule has 3 rings (SSSR count). The van der Waals surface area contributed by atoms with Gasteiger partial charge in [-0.3, -0.25) is 0 Å². The molecule has 3 aromatic rings. The van der Waals surface area contributed by atoms with Gasteiger partial charge in [-0.2, -0.15) is 18.4 Å². The van der Waals surface area contributed by atoms with Crippen LogP contribution >= 0.6 is 23.4 Å². The number of pyridine rings is 1. The van der Waals surface area contributed by atoms with Gasteiger partial charge in [0.25, 0.3) is 0 Å². The standard InChI is InChI=1S/C20H18ClF3N4O2S/c1-29-17(30-2)4-3-7-28-16-6-5-12(10-25)8-15(16)27-19(28)31-18-14(21)9-13(11-26-18)20(22,23)24/h5-6,8-9,11,17H,3-4,7H2,1-2H3. The zero-order chi connectivity index (χ0) is 22.6. The van der Waals surface area contributed by atoms with Crippen molar-refractivity contribution in [1.29, 1.82) is 5.26 Å². The molecule has 0 saturated carbocycles. The lowest BCUT2D eigenvalue weighted by Gasteiger charge is -2.14. The molecule has 0 spiro atoms. The third-order valence-corrected chi connectivity index (χ3v) is 5.93. The summed E-state index contributed by atoms with van der Waals surface area (Å²) in [6.07, 6.45) is -2.80. The van der Waals surface area contributed by atoms with Gasteiger partial charge < -0.3 is 14.0 Å². The molecule has 11 heteroatoms. The molecule has 0 amide bonds. The summed E-state index contributed by atoms with van der Waals surface area (Å²) in [4.78, 5) is 8.44. The highest BCUT2D eigenvalue weighted by Crippen LogP contribution is 2.37. The molecule has 0 fully saturated rings. The van der Waals surface area contributed by atoms with Crippen LogP contribution in [0.25, 0.3) is 11.0 Å². The van der Waals surface area contributed by atoms with Crippen LogP contribution in [0.15, 0.2) is 40.6 Å². The molecule has 1 aromatic carbocycles. The summed E-state index contributed by atoms with van der Waals surface area (Å²) >= 11 is 7.14. The Morgan fingerprint density at radius 2 is 2.00 bits per heavy atom. The Bertz CT molecular complexity index is 1110. The van der Waals surface area contributed by atoms with E-state index >= 15 is 0 Å². The van der Waals surface area contributed by atoms with E-state index in [4.69, 9.17) is 26.3 Å². The maximum atomic E-state index is 12.9. The molecule has 31 heavy (non-hydrogen) atoms. The first-order valence-corrected chi connectivity index (χ1v) is 10.3. The van der Waals surface area contributed by atoms with Crippen LogP contribution < -0.4 is 0 Å². The maximum Gasteiger partial charge on any atom is 0.417 e. The molecule has 2 heterocycles. The van der Waals surface area contributed by atoms with Crippen LogP contribution in [-0.2, 0) is 22.2 Å². The SMILES string of the molecule is COC(CCCn1c(Sc2ncc(C(F)(F)F)cc2Cl)nc2cc(C#N)ccc21)OC. The van der Waals surface area contributed by atoms with E-state index in [1.165, 1.54) is 0 Å². The first-order valence-electron chi connectivity index (χ1n) is 9.13. The Labute approximate surface area is 185 Å². The highest BCUT2D eigenvalue weighted by atomic mass is 35.5. The molecule has 0 aliphatic carbocycles. The van der Waals surface area contributed by atoms with E-state index in [9.17, 15) is 13.2 Å². The summed E-state index contributed by atoms with van der Waals surface area (Å²) < 4.78 is 51.0. The van der Waals surface area contributed by atoms with E-state index in [0.717, 1.165) is 29.5 Å². The van der Waals surface area contributed by atoms with Crippen LogP contribution in [-0.4, -0.2) is 35.0 Å². The Kier molecular flexibility index (Phi) is 7.43. The number of methoxy groups -OCH3 is 2. The van der Waals surface area contributed by atoms with Crippen molar-refractivity contribution >= 4 is 34.4 Å². The summed E-state index contributed by atoms with van der Waals surface area (Å²) in [6, 6.07) is 8.05. The zero-order valence-corrected chi connectivity index (χ0v) is 18.2. The van der Waals surface area contributed by atoms with Crippen molar-refractivity contribution in [1.82, 2.24) is 14.5 Å². The number of aromatic nitrogens is 3. The van der Waals surface area contributed by atoms with Crippen molar-refractivity contribution in [2.75, 3.05) is 14.2 Å². The van der Waals surface area contributed by atoms with Gasteiger partial charge >= 0.3 is 6.18 Å². The zero-order valence-electron chi connectivity index (χ0n) is 16.6. The Morgan fingerprint density at radius 3 is 2.61 bits per heavy atom. The summed E-state index contributed by atoms with van der Waals surface area (Å²) in [7, 11) is 3.12. The van der Waals surface area contributed by atoms with Crippen LogP contribution in [0.2, 0.25) is 5.02 Å². The highest BCUT2D eigenvalue weighted by Gasteiger charge is 2.31. The van der Waals surface area contributed by atoms with Gasteiger partial charge in [-0.05, 0) is 42.4 Å². The third kappa shape index (κ3) is 5.49. The number of benzene rings is 1. The van der Waals surface area contributed by atoms with E-state index in [-0.39, 0.29) is 16.3 Å². The Morgan fingerprint density at radius 1 is 1.26 bits per heavy atom. The first kappa shape index (κ1) is 23.3. The van der Waals surface area contributed by atoms with Crippen LogP contribution in [0.1, 0.15) is 24.0 Å². The van der Waals surface area contributed by atoms with Gasteiger partial charge in [0.05, 0.1) is 33.3 Å². The topological polar surface area (TPSA) is 73.0 Å². The normalized spacial score (nSPS) is 11.9. The van der Waals surface area contributed by atoms with Crippen molar-refractivity contribution < 1.29 is 22.6 Å². The van der Waals surface area contributed by atoms with Gasteiger partial charge in [-0.15, -0.1) is 0 Å². The fourth-order valence-electron chi connectivity index (χ4n) is 2.96. The van der Waals surface area contributed by atoms with Crippen molar-refractivity contribution in [3.8, 4) is 6.07 Å². The molecular formula is C20H18ClF3N4O2S. The number of hydrogen-bond donors (Lipinski definition) is 0. The lowest BCUT2D eigenvalue weighted by molar-refractivity contribution is -0.137. The van der Waals surface area contributed by atoms with Crippen molar-refractivity contribution in [3.05, 3.63) is 46.6 Å². The smallest absolute Gasteiger partial charge is 0.356 e. The number of fused-ring (bicyclic) bond motifs is 1. The number of ether oxygens (including phenoxy) is 2. The second kappa shape index (κ2) is 9.87. The van der Waals surface area contributed by atoms with Gasteiger partial charge in [0.15, 0.2) is 11.4 Å². The molecule has 0 bridgehead atoms. The lowest BCUT2D eigenvalue weighted by Crippen LogP contribution is -2.14. The second-order valence-electron chi connectivity index (χ2n) is 6.52. The summed E-state index contributed by atoms with van der Waals surface area (Å²) in [5.74, 6) is 0. The number of nitrogens with zero attached hydrogens (tertiary/aromatic N) is 4. The van der Waals surface area contributed by atoms with Crippen LogP contribution in [0, 0.1) is 11.3 Å². The highest BCUT2D eigenvalue weighted by molar-refractivity contribution is 7.99. The predicted octanol–water partition coefficient (Wildman–Crippen LogP) is 5.53. The molecule has 0 radical (unpaired) electrons. The van der Waals surface area contributed by atoms with Gasteiger partial charge in [-0.1, -0.05) is 11.6 Å². The number of imidazole rings is 1. The minimum atomic E-state index is -4.53. The predicted molar refractivity (Wildman–Crippen MR) is 110 cm³/mol. The molecule has 0 N–H and O–H groups in total. The van der Waals surface area contributed by atoms with E-state index in [2.05, 4.69) is 16.0 Å². The fraction of sp³-hybridized carbons (Fsp3) is 0.350. The number of halogens is 4. The van der Waals surface area contributed by atoms with Gasteiger partial charge in [0.2, 0.25) is 0 Å². The Hall–Kier alpha value is -2.32. The van der Waals surface area contributed by atoms with Crippen molar-refractivity contribution in [2.45, 2.75) is 42.0 Å². The molecule has 0 unspecified atom stereocenters. The average Bonchev–Trinajstić information content (AvgIpc) is 3.08. The van der Waals surface area contributed by atoms with Crippen molar-refractivity contribution in [3.63, 3.8) is 0 Å². The summed E-state index contributed by atoms with van der Waals surface area (Å²) in [5.41, 5.74) is 0.924. The van der Waals surface area contributed by atoms with E-state index in [1.54, 1.807) is 32.4 Å². The average molecular weight is 471 g/mol. The maximum absolute atomic E-state index is 12.9. The summed E-state index contributed by atoms with van der Waals surface area (Å²) in [5, 5.41) is 9.75. The third-order valence-electron chi connectivity index (χ3n) is 4.51. The molecule has 0 aliphatic rings. The first-order chi connectivity index (χ1) is 14.8. The molecule has 0 saturated heterocycles. The molecule has 164 valence electrons. The number of hydrogen-bond acceptors (Lipinski definition) is 6. The largest absolute Gasteiger partial charge is 0.417 e. The number of aryl methyl sites for hydroxylation is 1. The lowest BCUT2D eigenvalue weighted by atomic mass is 10.2. The fourth-order valence-corrected chi connectivity index (χ4v) is 4.12. The van der Waals surface area contributed by atoms with Gasteiger partial charge in [-0.25, -0.2) is 9.97 Å². The Balaban J connectivity index is 1.94. The number of nitriles is 1. The molecule has 2 aromatic heterocycles. The molecular weight excluding hydrogens is 453 g/mol. The molecule has 6 nitrogen and oxygen atoms in total. The van der Waals surface area contributed by atoms with Crippen molar-refractivity contribution in [2.24, 2.45) is 0 Å². The van der Waals surface area contributed by atoms with Crippen LogP contribution in [0.5, 0.6) is 0 Å². The number of alkyl halides is 3. The molecule has 0 atom stereocenters. The van der Waals surface area contributed by atoms with Crippen LogP contribution in [0.3, 0.4) is 0 Å². The minimum Gasteiger partial charge on any atom is -0.356 e. The van der Waals surface area contributed by atoms with E-state index < -0.39 is 11.7 Å². The van der Waals surface area contributed by atoms with Gasteiger partial charge in [0.1, 0.15) is 5.03 Å². The minimum absolute atomic E-state index is 0.116. The van der Waals surface area contributed by atoms with E-state index in [0.29, 0.717) is 35.6 Å². The quantitative estimate of drug-likeness (QED) is 0.403. The summed E-state index contributed by atoms with van der Waals surface area (Å²) in [6.45, 7) is 0.548. The van der Waals surface area contributed by atoms with Gasteiger partial charge in [0, 0.05) is 33.4 Å². The van der Waals surface area contributed by atoms with Crippen LogP contribution in [0.4, 0.5) is 13.2 Å². The number of rotatable bonds is 8.